The van der Waals surface area contributed by atoms with E-state index in [-0.39, 0.29) is 0 Å². The molecule has 0 aromatic heterocycles. The van der Waals surface area contributed by atoms with Crippen molar-refractivity contribution < 1.29 is 9.47 Å². The molecule has 1 saturated carbocycles. The summed E-state index contributed by atoms with van der Waals surface area (Å²) in [5, 5.41) is 3.65. The van der Waals surface area contributed by atoms with Crippen LogP contribution < -0.4 is 5.32 Å². The normalized spacial score (nSPS) is 34.9. The summed E-state index contributed by atoms with van der Waals surface area (Å²) in [6, 6.07) is 1.13. The molecule has 0 bridgehead atoms. The predicted octanol–water partition coefficient (Wildman–Crippen LogP) is 1.32. The van der Waals surface area contributed by atoms with Gasteiger partial charge in [0, 0.05) is 13.2 Å². The van der Waals surface area contributed by atoms with Gasteiger partial charge in [-0.1, -0.05) is 19.3 Å². The summed E-state index contributed by atoms with van der Waals surface area (Å²) < 4.78 is 10.7. The predicted molar refractivity (Wildman–Crippen MR) is 55.4 cm³/mol. The fourth-order valence-electron chi connectivity index (χ4n) is 2.38. The highest BCUT2D eigenvalue weighted by atomic mass is 16.5. The van der Waals surface area contributed by atoms with E-state index in [2.05, 4.69) is 5.32 Å². The van der Waals surface area contributed by atoms with Gasteiger partial charge in [0.05, 0.1) is 25.4 Å². The molecule has 1 heterocycles. The van der Waals surface area contributed by atoms with Crippen molar-refractivity contribution in [1.29, 1.82) is 0 Å². The van der Waals surface area contributed by atoms with Crippen molar-refractivity contribution in [2.24, 2.45) is 0 Å². The van der Waals surface area contributed by atoms with Crippen LogP contribution >= 0.6 is 0 Å². The van der Waals surface area contributed by atoms with Gasteiger partial charge in [-0.25, -0.2) is 0 Å². The summed E-state index contributed by atoms with van der Waals surface area (Å²) in [6.45, 7) is 1.76. The molecular formula is C11H21NO2. The van der Waals surface area contributed by atoms with Gasteiger partial charge >= 0.3 is 0 Å². The van der Waals surface area contributed by atoms with Crippen LogP contribution in [0.4, 0.5) is 0 Å². The molecule has 14 heavy (non-hydrogen) atoms. The van der Waals surface area contributed by atoms with E-state index in [0.29, 0.717) is 18.2 Å². The van der Waals surface area contributed by atoms with Crippen LogP contribution in [0.1, 0.15) is 32.1 Å². The van der Waals surface area contributed by atoms with Crippen LogP contribution in [0.15, 0.2) is 0 Å². The first-order valence-corrected chi connectivity index (χ1v) is 5.76. The maximum absolute atomic E-state index is 5.55. The zero-order chi connectivity index (χ0) is 9.80. The van der Waals surface area contributed by atoms with E-state index in [9.17, 15) is 0 Å². The summed E-state index contributed by atoms with van der Waals surface area (Å²) in [6.07, 6.45) is 6.90. The van der Waals surface area contributed by atoms with Crippen molar-refractivity contribution in [3.05, 3.63) is 0 Å². The first-order chi connectivity index (χ1) is 6.90. The Morgan fingerprint density at radius 2 is 1.93 bits per heavy atom. The fraction of sp³-hybridized carbons (Fsp3) is 1.00. The first-order valence-electron chi connectivity index (χ1n) is 5.76. The smallest absolute Gasteiger partial charge is 0.0724 e. The summed E-state index contributed by atoms with van der Waals surface area (Å²) in [4.78, 5) is 0. The average molecular weight is 199 g/mol. The molecule has 0 aromatic rings. The number of nitrogens with one attached hydrogen (secondary N) is 1. The van der Waals surface area contributed by atoms with Crippen molar-refractivity contribution in [1.82, 2.24) is 5.32 Å². The number of hydrogen-bond acceptors (Lipinski definition) is 3. The van der Waals surface area contributed by atoms with Crippen LogP contribution in [-0.4, -0.2) is 38.5 Å². The molecule has 1 saturated heterocycles. The van der Waals surface area contributed by atoms with Crippen molar-refractivity contribution in [3.8, 4) is 0 Å². The van der Waals surface area contributed by atoms with E-state index in [1.165, 1.54) is 32.1 Å². The molecule has 1 aliphatic heterocycles. The number of hydrogen-bond donors (Lipinski definition) is 1. The lowest BCUT2D eigenvalue weighted by Crippen LogP contribution is -2.53. The van der Waals surface area contributed by atoms with Crippen molar-refractivity contribution in [2.45, 2.75) is 50.3 Å². The first kappa shape index (κ1) is 10.4. The van der Waals surface area contributed by atoms with Gasteiger partial charge in [0.1, 0.15) is 0 Å². The quantitative estimate of drug-likeness (QED) is 0.695. The van der Waals surface area contributed by atoms with Gasteiger partial charge in [-0.15, -0.1) is 0 Å². The minimum atomic E-state index is 0.415. The average Bonchev–Trinajstić information content (AvgIpc) is 2.35. The summed E-state index contributed by atoms with van der Waals surface area (Å²) in [5.74, 6) is 0. The molecule has 3 nitrogen and oxygen atoms in total. The van der Waals surface area contributed by atoms with Crippen LogP contribution in [0.3, 0.4) is 0 Å². The Labute approximate surface area is 86.2 Å². The summed E-state index contributed by atoms with van der Waals surface area (Å²) >= 11 is 0. The number of methoxy groups -OCH3 is 1. The van der Waals surface area contributed by atoms with E-state index < -0.39 is 0 Å². The van der Waals surface area contributed by atoms with Gasteiger partial charge in [-0.3, -0.25) is 0 Å². The largest absolute Gasteiger partial charge is 0.380 e. The third kappa shape index (κ3) is 2.47. The van der Waals surface area contributed by atoms with Gasteiger partial charge < -0.3 is 14.8 Å². The van der Waals surface area contributed by atoms with Gasteiger partial charge in [-0.05, 0) is 12.8 Å². The Balaban J connectivity index is 1.83. The lowest BCUT2D eigenvalue weighted by molar-refractivity contribution is -0.0254. The molecule has 2 unspecified atom stereocenters. The van der Waals surface area contributed by atoms with Crippen molar-refractivity contribution in [2.75, 3.05) is 20.3 Å². The van der Waals surface area contributed by atoms with Gasteiger partial charge in [0.25, 0.3) is 0 Å². The number of ether oxygens (including phenoxy) is 2. The molecule has 1 N–H and O–H groups in total. The van der Waals surface area contributed by atoms with E-state index in [0.717, 1.165) is 13.2 Å². The zero-order valence-electron chi connectivity index (χ0n) is 9.00. The number of rotatable bonds is 3. The summed E-state index contributed by atoms with van der Waals surface area (Å²) in [5.41, 5.74) is 0. The standard InChI is InChI=1S/C11H21NO2/c1-13-11-6-4-2-3-5-10(11)12-9-7-14-8-9/h9-12H,2-8H2,1H3. The van der Waals surface area contributed by atoms with Crippen LogP contribution in [0.2, 0.25) is 0 Å². The van der Waals surface area contributed by atoms with Crippen LogP contribution in [0.5, 0.6) is 0 Å². The molecule has 0 spiro atoms. The molecular weight excluding hydrogens is 178 g/mol. The second-order valence-corrected chi connectivity index (χ2v) is 4.42. The van der Waals surface area contributed by atoms with Gasteiger partial charge in [0.15, 0.2) is 0 Å². The molecule has 2 atom stereocenters. The van der Waals surface area contributed by atoms with E-state index >= 15 is 0 Å². The minimum absolute atomic E-state index is 0.415. The van der Waals surface area contributed by atoms with Gasteiger partial charge in [0.2, 0.25) is 0 Å². The van der Waals surface area contributed by atoms with Crippen LogP contribution in [0.25, 0.3) is 0 Å². The second kappa shape index (κ2) is 5.10. The SMILES string of the molecule is COC1CCCCCC1NC1COC1. The third-order valence-electron chi connectivity index (χ3n) is 3.34. The van der Waals surface area contributed by atoms with Crippen molar-refractivity contribution in [3.63, 3.8) is 0 Å². The molecule has 3 heteroatoms. The third-order valence-corrected chi connectivity index (χ3v) is 3.34. The zero-order valence-corrected chi connectivity index (χ0v) is 9.00. The second-order valence-electron chi connectivity index (χ2n) is 4.42. The Hall–Kier alpha value is -0.120. The Morgan fingerprint density at radius 3 is 2.57 bits per heavy atom. The van der Waals surface area contributed by atoms with E-state index in [4.69, 9.17) is 9.47 Å². The molecule has 2 fully saturated rings. The lowest BCUT2D eigenvalue weighted by Gasteiger charge is -2.34. The van der Waals surface area contributed by atoms with E-state index in [1.807, 2.05) is 7.11 Å². The Morgan fingerprint density at radius 1 is 1.14 bits per heavy atom. The topological polar surface area (TPSA) is 30.5 Å². The summed E-state index contributed by atoms with van der Waals surface area (Å²) in [7, 11) is 1.84. The molecule has 0 aromatic carbocycles. The van der Waals surface area contributed by atoms with E-state index in [1.54, 1.807) is 0 Å². The molecule has 2 aliphatic rings. The van der Waals surface area contributed by atoms with Crippen LogP contribution in [0, 0.1) is 0 Å². The molecule has 0 amide bonds. The minimum Gasteiger partial charge on any atom is -0.380 e. The maximum atomic E-state index is 5.55. The highest BCUT2D eigenvalue weighted by Gasteiger charge is 2.28. The Kier molecular flexibility index (Phi) is 3.79. The van der Waals surface area contributed by atoms with Crippen LogP contribution in [-0.2, 0) is 9.47 Å². The monoisotopic (exact) mass is 199 g/mol. The maximum Gasteiger partial charge on any atom is 0.0724 e. The van der Waals surface area contributed by atoms with Gasteiger partial charge in [-0.2, -0.15) is 0 Å². The molecule has 1 aliphatic carbocycles. The highest BCUT2D eigenvalue weighted by Crippen LogP contribution is 2.21. The molecule has 2 rings (SSSR count). The molecule has 82 valence electrons. The van der Waals surface area contributed by atoms with Crippen molar-refractivity contribution >= 4 is 0 Å². The fourth-order valence-corrected chi connectivity index (χ4v) is 2.38. The Bertz CT molecular complexity index is 171. The lowest BCUT2D eigenvalue weighted by atomic mass is 10.0. The highest BCUT2D eigenvalue weighted by molar-refractivity contribution is 4.85. The molecule has 0 radical (unpaired) electrons.